The molecule has 0 fully saturated rings. The van der Waals surface area contributed by atoms with E-state index in [0.29, 0.717) is 43.6 Å². The summed E-state index contributed by atoms with van der Waals surface area (Å²) in [6.07, 6.45) is 4.32. The molecule has 1 unspecified atom stereocenters. The Hall–Kier alpha value is -3.81. The number of benzene rings is 3. The number of halogens is 1. The van der Waals surface area contributed by atoms with Gasteiger partial charge in [-0.15, -0.1) is 0 Å². The fourth-order valence-corrected chi connectivity index (χ4v) is 7.06. The fraction of sp³-hybridized carbons (Fsp3) is 0.242. The van der Waals surface area contributed by atoms with Crippen molar-refractivity contribution in [3.05, 3.63) is 98.6 Å². The molecule has 1 heterocycles. The second kappa shape index (κ2) is 11.6. The van der Waals surface area contributed by atoms with Gasteiger partial charge >= 0.3 is 0 Å². The second-order valence-electron chi connectivity index (χ2n) is 10.6. The van der Waals surface area contributed by atoms with Gasteiger partial charge < -0.3 is 10.5 Å². The largest absolute Gasteiger partial charge is 0.488 e. The van der Waals surface area contributed by atoms with Gasteiger partial charge in [-0.3, -0.25) is 4.79 Å². The Labute approximate surface area is 246 Å². The number of fused-ring (bicyclic) bond motifs is 1. The van der Waals surface area contributed by atoms with Crippen LogP contribution >= 0.6 is 11.6 Å². The molecule has 41 heavy (non-hydrogen) atoms. The van der Waals surface area contributed by atoms with Gasteiger partial charge in [-0.05, 0) is 78.4 Å². The summed E-state index contributed by atoms with van der Waals surface area (Å²) in [5, 5.41) is 3.15. The van der Waals surface area contributed by atoms with Gasteiger partial charge in [-0.25, -0.2) is 12.4 Å². The molecule has 0 radical (unpaired) electrons. The highest BCUT2D eigenvalue weighted by Crippen LogP contribution is 2.29. The number of carbonyl (C=O) groups is 1. The monoisotopic (exact) mass is 590 g/mol. The summed E-state index contributed by atoms with van der Waals surface area (Å²) in [4.78, 5) is 12.5. The van der Waals surface area contributed by atoms with Crippen molar-refractivity contribution >= 4 is 56.5 Å². The maximum absolute atomic E-state index is 14.1. The van der Waals surface area contributed by atoms with Gasteiger partial charge in [-0.1, -0.05) is 74.9 Å². The molecule has 8 heteroatoms. The van der Waals surface area contributed by atoms with Crippen molar-refractivity contribution < 1.29 is 17.9 Å². The third kappa shape index (κ3) is 5.97. The van der Waals surface area contributed by atoms with Crippen molar-refractivity contribution in [2.24, 2.45) is 11.7 Å². The molecule has 0 aliphatic carbocycles. The standard InChI is InChI=1S/C33H35ClN2O4S/c1-8-19(2)13-30-24(7)29(17-36(30)41(38,39)32-21(4)11-20(3)12-22(32)5)23(6)18-40-31-16-25-9-10-27(34)14-26(25)15-28(31)33(35)37/h9-17,19H,6-8,18H2,1-5H3,(H2,35,37)/b30-13+. The maximum atomic E-state index is 14.1. The first-order valence-corrected chi connectivity index (χ1v) is 15.2. The first-order valence-electron chi connectivity index (χ1n) is 13.3. The minimum atomic E-state index is -3.96. The third-order valence-corrected chi connectivity index (χ3v) is 9.49. The van der Waals surface area contributed by atoms with Crippen LogP contribution in [0, 0.1) is 26.7 Å². The zero-order chi connectivity index (χ0) is 30.2. The normalized spacial score (nSPS) is 13.0. The number of carbonyl (C=O) groups excluding carboxylic acids is 1. The van der Waals surface area contributed by atoms with Crippen LogP contribution in [0.1, 0.15) is 52.9 Å². The van der Waals surface area contributed by atoms with Gasteiger partial charge in [0.25, 0.3) is 15.9 Å². The third-order valence-electron chi connectivity index (χ3n) is 7.27. The summed E-state index contributed by atoms with van der Waals surface area (Å²) in [7, 11) is -3.96. The topological polar surface area (TPSA) is 91.4 Å². The fourth-order valence-electron chi connectivity index (χ4n) is 5.07. The average Bonchev–Trinajstić information content (AvgIpc) is 3.22. The Balaban J connectivity index is 1.79. The van der Waals surface area contributed by atoms with E-state index < -0.39 is 15.9 Å². The van der Waals surface area contributed by atoms with Crippen LogP contribution in [-0.4, -0.2) is 24.9 Å². The Bertz CT molecular complexity index is 1900. The molecule has 4 aromatic rings. The van der Waals surface area contributed by atoms with Crippen LogP contribution in [0.5, 0.6) is 5.75 Å². The number of aryl methyl sites for hydroxylation is 3. The van der Waals surface area contributed by atoms with Crippen LogP contribution in [0.3, 0.4) is 0 Å². The van der Waals surface area contributed by atoms with Gasteiger partial charge in [0.1, 0.15) is 12.4 Å². The molecular weight excluding hydrogens is 556 g/mol. The molecule has 6 nitrogen and oxygen atoms in total. The lowest BCUT2D eigenvalue weighted by Crippen LogP contribution is -2.34. The zero-order valence-corrected chi connectivity index (χ0v) is 25.6. The highest BCUT2D eigenvalue weighted by molar-refractivity contribution is 7.90. The molecule has 0 aliphatic rings. The molecule has 0 aliphatic heterocycles. The van der Waals surface area contributed by atoms with Crippen molar-refractivity contribution in [1.29, 1.82) is 0 Å². The van der Waals surface area contributed by atoms with E-state index in [1.807, 2.05) is 45.0 Å². The van der Waals surface area contributed by atoms with Gasteiger partial charge in [0, 0.05) is 22.0 Å². The predicted molar refractivity (Wildman–Crippen MR) is 168 cm³/mol. The molecular formula is C33H35ClN2O4S. The number of nitrogens with two attached hydrogens (primary N) is 1. The highest BCUT2D eigenvalue weighted by Gasteiger charge is 2.25. The quantitative estimate of drug-likeness (QED) is 0.263. The van der Waals surface area contributed by atoms with Crippen LogP contribution in [0.4, 0.5) is 0 Å². The Morgan fingerprint density at radius 1 is 1.07 bits per heavy atom. The van der Waals surface area contributed by atoms with Crippen molar-refractivity contribution in [1.82, 2.24) is 3.97 Å². The molecule has 0 saturated carbocycles. The number of hydrogen-bond acceptors (Lipinski definition) is 4. The first-order chi connectivity index (χ1) is 19.2. The lowest BCUT2D eigenvalue weighted by Gasteiger charge is -2.14. The number of aromatic nitrogens is 1. The van der Waals surface area contributed by atoms with E-state index in [2.05, 4.69) is 13.2 Å². The lowest BCUT2D eigenvalue weighted by molar-refractivity contribution is 0.0997. The summed E-state index contributed by atoms with van der Waals surface area (Å²) < 4.78 is 35.6. The van der Waals surface area contributed by atoms with Gasteiger partial charge in [0.05, 0.1) is 15.8 Å². The molecule has 0 spiro atoms. The Morgan fingerprint density at radius 3 is 2.34 bits per heavy atom. The summed E-state index contributed by atoms with van der Waals surface area (Å²) in [6.45, 7) is 18.0. The molecule has 3 aromatic carbocycles. The molecule has 214 valence electrons. The molecule has 0 bridgehead atoms. The minimum Gasteiger partial charge on any atom is -0.488 e. The number of ether oxygens (including phenoxy) is 1. The SMILES string of the molecule is C=C(COc1cc2ccc(Cl)cc2cc1C(N)=O)c1cn(S(=O)(=O)c2c(C)cc(C)cc2C)/c(=C/C(C)CC)c1=C. The first kappa shape index (κ1) is 30.2. The molecule has 1 amide bonds. The van der Waals surface area contributed by atoms with E-state index >= 15 is 0 Å². The minimum absolute atomic E-state index is 0.0166. The molecule has 1 atom stereocenters. The van der Waals surface area contributed by atoms with E-state index in [1.165, 1.54) is 3.97 Å². The van der Waals surface area contributed by atoms with Crippen LogP contribution in [0.25, 0.3) is 29.0 Å². The highest BCUT2D eigenvalue weighted by atomic mass is 35.5. The number of primary amides is 1. The number of hydrogen-bond donors (Lipinski definition) is 1. The van der Waals surface area contributed by atoms with Gasteiger partial charge in [-0.2, -0.15) is 0 Å². The average molecular weight is 591 g/mol. The van der Waals surface area contributed by atoms with E-state index in [4.69, 9.17) is 22.1 Å². The molecule has 1 aromatic heterocycles. The summed E-state index contributed by atoms with van der Waals surface area (Å²) >= 11 is 6.11. The predicted octanol–water partition coefficient (Wildman–Crippen LogP) is 5.88. The molecule has 0 saturated heterocycles. The van der Waals surface area contributed by atoms with Crippen molar-refractivity contribution in [2.45, 2.75) is 45.9 Å². The zero-order valence-electron chi connectivity index (χ0n) is 24.0. The second-order valence-corrected chi connectivity index (χ2v) is 12.8. The van der Waals surface area contributed by atoms with Crippen LogP contribution < -0.4 is 21.0 Å². The summed E-state index contributed by atoms with van der Waals surface area (Å²) in [5.74, 6) is -0.235. The van der Waals surface area contributed by atoms with Gasteiger partial charge in [0.2, 0.25) is 0 Å². The van der Waals surface area contributed by atoms with Gasteiger partial charge in [0.15, 0.2) is 0 Å². The van der Waals surface area contributed by atoms with E-state index in [1.54, 1.807) is 44.3 Å². The van der Waals surface area contributed by atoms with Crippen molar-refractivity contribution in [3.63, 3.8) is 0 Å². The maximum Gasteiger partial charge on any atom is 0.268 e. The van der Waals surface area contributed by atoms with Crippen LogP contribution in [0.15, 0.2) is 60.1 Å². The van der Waals surface area contributed by atoms with E-state index in [0.717, 1.165) is 22.8 Å². The van der Waals surface area contributed by atoms with Crippen LogP contribution in [-0.2, 0) is 10.0 Å². The smallest absolute Gasteiger partial charge is 0.268 e. The molecule has 2 N–H and O–H groups in total. The Kier molecular flexibility index (Phi) is 8.52. The molecule has 4 rings (SSSR count). The van der Waals surface area contributed by atoms with E-state index in [9.17, 15) is 13.2 Å². The number of nitrogens with zero attached hydrogens (tertiary/aromatic N) is 1. The number of amides is 1. The summed E-state index contributed by atoms with van der Waals surface area (Å²) in [6, 6.07) is 12.4. The van der Waals surface area contributed by atoms with Crippen molar-refractivity contribution in [2.75, 3.05) is 6.61 Å². The number of rotatable bonds is 9. The van der Waals surface area contributed by atoms with Crippen molar-refractivity contribution in [3.8, 4) is 5.75 Å². The Morgan fingerprint density at radius 2 is 1.73 bits per heavy atom. The lowest BCUT2D eigenvalue weighted by atomic mass is 10.1. The van der Waals surface area contributed by atoms with Crippen LogP contribution in [0.2, 0.25) is 5.02 Å². The summed E-state index contributed by atoms with van der Waals surface area (Å²) in [5.41, 5.74) is 9.26. The van der Waals surface area contributed by atoms with E-state index in [-0.39, 0.29) is 23.0 Å².